The molecule has 1 aromatic carbocycles. The van der Waals surface area contributed by atoms with Crippen LogP contribution in [0.5, 0.6) is 5.75 Å². The molecule has 0 spiro atoms. The molecular formula is C23H35N3O4. The van der Waals surface area contributed by atoms with Crippen LogP contribution in [0.2, 0.25) is 0 Å². The normalized spacial score (nSPS) is 13.7. The zero-order valence-corrected chi connectivity index (χ0v) is 18.7. The first-order valence-corrected chi connectivity index (χ1v) is 10.4. The summed E-state index contributed by atoms with van der Waals surface area (Å²) in [6.07, 6.45) is 0.844. The van der Waals surface area contributed by atoms with Crippen LogP contribution in [-0.4, -0.2) is 44.4 Å². The summed E-state index contributed by atoms with van der Waals surface area (Å²) in [6.45, 7) is 10.4. The predicted molar refractivity (Wildman–Crippen MR) is 119 cm³/mol. The molecule has 7 heteroatoms. The molecule has 0 aliphatic heterocycles. The Morgan fingerprint density at radius 2 is 1.93 bits per heavy atom. The van der Waals surface area contributed by atoms with Gasteiger partial charge in [0.25, 0.3) is 0 Å². The maximum Gasteiger partial charge on any atom is 0.191 e. The molecule has 30 heavy (non-hydrogen) atoms. The van der Waals surface area contributed by atoms with Gasteiger partial charge in [-0.3, -0.25) is 0 Å². The lowest BCUT2D eigenvalue weighted by molar-refractivity contribution is 0.0656. The fourth-order valence-corrected chi connectivity index (χ4v) is 3.12. The Hall–Kier alpha value is -2.51. The van der Waals surface area contributed by atoms with E-state index >= 15 is 0 Å². The molecule has 1 atom stereocenters. The minimum atomic E-state index is -1.09. The summed E-state index contributed by atoms with van der Waals surface area (Å²) in [7, 11) is 1.66. The first kappa shape index (κ1) is 23.8. The van der Waals surface area contributed by atoms with Gasteiger partial charge < -0.3 is 29.6 Å². The van der Waals surface area contributed by atoms with Gasteiger partial charge in [-0.2, -0.15) is 0 Å². The van der Waals surface area contributed by atoms with E-state index in [1.165, 1.54) is 0 Å². The first-order chi connectivity index (χ1) is 14.4. The van der Waals surface area contributed by atoms with E-state index in [4.69, 9.17) is 13.9 Å². The van der Waals surface area contributed by atoms with E-state index < -0.39 is 5.60 Å². The van der Waals surface area contributed by atoms with E-state index in [-0.39, 0.29) is 6.54 Å². The Kier molecular flexibility index (Phi) is 9.20. The number of hydrogen-bond acceptors (Lipinski definition) is 5. The Balaban J connectivity index is 1.75. The maximum atomic E-state index is 10.8. The van der Waals surface area contributed by atoms with Crippen molar-refractivity contribution in [1.29, 1.82) is 0 Å². The lowest BCUT2D eigenvalue weighted by atomic mass is 9.96. The molecule has 0 aliphatic carbocycles. The molecule has 0 saturated heterocycles. The molecule has 0 aliphatic rings. The van der Waals surface area contributed by atoms with Crippen LogP contribution in [0.4, 0.5) is 0 Å². The fraction of sp³-hybridized carbons (Fsp3) is 0.522. The minimum absolute atomic E-state index is 0.232. The first-order valence-electron chi connectivity index (χ1n) is 10.4. The number of methoxy groups -OCH3 is 1. The van der Waals surface area contributed by atoms with Crippen LogP contribution in [0.1, 0.15) is 42.9 Å². The number of aryl methyl sites for hydroxylation is 2. The molecule has 0 bridgehead atoms. The number of hydrogen-bond donors (Lipinski definition) is 3. The zero-order chi connectivity index (χ0) is 22.0. The van der Waals surface area contributed by atoms with Gasteiger partial charge in [0.1, 0.15) is 22.9 Å². The Labute approximate surface area is 179 Å². The van der Waals surface area contributed by atoms with Crippen LogP contribution >= 0.6 is 0 Å². The second kappa shape index (κ2) is 11.6. The van der Waals surface area contributed by atoms with Crippen molar-refractivity contribution in [2.24, 2.45) is 4.99 Å². The highest BCUT2D eigenvalue weighted by atomic mass is 16.5. The van der Waals surface area contributed by atoms with Gasteiger partial charge in [0.2, 0.25) is 0 Å². The highest BCUT2D eigenvalue weighted by molar-refractivity contribution is 5.79. The van der Waals surface area contributed by atoms with E-state index in [0.717, 1.165) is 47.9 Å². The van der Waals surface area contributed by atoms with Crippen molar-refractivity contribution in [2.45, 2.75) is 46.3 Å². The predicted octanol–water partition coefficient (Wildman–Crippen LogP) is 3.27. The minimum Gasteiger partial charge on any atom is -0.497 e. The van der Waals surface area contributed by atoms with Crippen molar-refractivity contribution in [3.63, 3.8) is 0 Å². The van der Waals surface area contributed by atoms with Crippen molar-refractivity contribution in [2.75, 3.05) is 33.4 Å². The lowest BCUT2D eigenvalue weighted by Gasteiger charge is -2.21. The second-order valence-corrected chi connectivity index (χ2v) is 7.48. The van der Waals surface area contributed by atoms with Gasteiger partial charge in [-0.1, -0.05) is 12.1 Å². The summed E-state index contributed by atoms with van der Waals surface area (Å²) in [6, 6.07) is 9.73. The Bertz CT molecular complexity index is 797. The van der Waals surface area contributed by atoms with Crippen LogP contribution in [0.3, 0.4) is 0 Å². The topological polar surface area (TPSA) is 88.3 Å². The second-order valence-electron chi connectivity index (χ2n) is 7.48. The smallest absolute Gasteiger partial charge is 0.191 e. The molecule has 1 unspecified atom stereocenters. The van der Waals surface area contributed by atoms with E-state index in [2.05, 4.69) is 15.6 Å². The summed E-state index contributed by atoms with van der Waals surface area (Å²) in [5.41, 5.74) is 0.795. The molecule has 2 rings (SSSR count). The van der Waals surface area contributed by atoms with Gasteiger partial charge in [-0.25, -0.2) is 4.99 Å². The number of nitrogens with one attached hydrogen (secondary N) is 2. The number of nitrogens with zero attached hydrogens (tertiary/aromatic N) is 1. The summed E-state index contributed by atoms with van der Waals surface area (Å²) in [4.78, 5) is 4.54. The quantitative estimate of drug-likeness (QED) is 0.295. The van der Waals surface area contributed by atoms with Crippen LogP contribution < -0.4 is 15.4 Å². The van der Waals surface area contributed by atoms with E-state index in [9.17, 15) is 5.11 Å². The molecule has 0 fully saturated rings. The standard InChI is InChI=1S/C23H35N3O4/c1-6-24-22(26-16-23(4,27)21-14-17(2)30-18(21)3)25-12-7-13-29-15-19-8-10-20(28-5)11-9-19/h8-11,14,27H,6-7,12-13,15-16H2,1-5H3,(H2,24,25,26). The third-order valence-electron chi connectivity index (χ3n) is 4.70. The third-order valence-corrected chi connectivity index (χ3v) is 4.70. The molecule has 0 radical (unpaired) electrons. The van der Waals surface area contributed by atoms with Gasteiger partial charge in [0.05, 0.1) is 20.3 Å². The number of benzene rings is 1. The molecule has 3 N–H and O–H groups in total. The molecule has 166 valence electrons. The monoisotopic (exact) mass is 417 g/mol. The molecule has 0 amide bonds. The lowest BCUT2D eigenvalue weighted by Crippen LogP contribution is -2.39. The average Bonchev–Trinajstić information content (AvgIpc) is 3.08. The van der Waals surface area contributed by atoms with Crippen LogP contribution in [0, 0.1) is 13.8 Å². The van der Waals surface area contributed by atoms with Crippen molar-refractivity contribution in [1.82, 2.24) is 10.6 Å². The summed E-state index contributed by atoms with van der Waals surface area (Å²) >= 11 is 0. The number of rotatable bonds is 11. The van der Waals surface area contributed by atoms with Crippen molar-refractivity contribution in [3.05, 3.63) is 53.0 Å². The fourth-order valence-electron chi connectivity index (χ4n) is 3.12. The van der Waals surface area contributed by atoms with Gasteiger partial charge in [-0.15, -0.1) is 0 Å². The van der Waals surface area contributed by atoms with Crippen LogP contribution in [0.25, 0.3) is 0 Å². The average molecular weight is 418 g/mol. The van der Waals surface area contributed by atoms with E-state index in [0.29, 0.717) is 19.2 Å². The van der Waals surface area contributed by atoms with E-state index in [1.807, 2.05) is 51.1 Å². The number of guanidine groups is 1. The van der Waals surface area contributed by atoms with Gasteiger partial charge in [0, 0.05) is 25.3 Å². The molecule has 7 nitrogen and oxygen atoms in total. The molecule has 1 heterocycles. The van der Waals surface area contributed by atoms with Crippen LogP contribution in [0.15, 0.2) is 39.7 Å². The van der Waals surface area contributed by atoms with Gasteiger partial charge in [0.15, 0.2) is 5.96 Å². The maximum absolute atomic E-state index is 10.8. The van der Waals surface area contributed by atoms with Crippen molar-refractivity contribution < 1.29 is 19.0 Å². The molecule has 1 aromatic heterocycles. The Morgan fingerprint density at radius 1 is 1.20 bits per heavy atom. The highest BCUT2D eigenvalue weighted by Crippen LogP contribution is 2.27. The Morgan fingerprint density at radius 3 is 2.53 bits per heavy atom. The third kappa shape index (κ3) is 7.39. The zero-order valence-electron chi connectivity index (χ0n) is 18.7. The largest absolute Gasteiger partial charge is 0.497 e. The number of furan rings is 1. The molecule has 2 aromatic rings. The number of aliphatic hydroxyl groups is 1. The number of aliphatic imine (C=N–C) groups is 1. The number of ether oxygens (including phenoxy) is 2. The summed E-state index contributed by atoms with van der Waals surface area (Å²) in [5.74, 6) is 3.02. The molecular weight excluding hydrogens is 382 g/mol. The molecule has 0 saturated carbocycles. The van der Waals surface area contributed by atoms with Crippen molar-refractivity contribution in [3.8, 4) is 5.75 Å². The summed E-state index contributed by atoms with van der Waals surface area (Å²) in [5, 5.41) is 17.3. The van der Waals surface area contributed by atoms with Gasteiger partial charge >= 0.3 is 0 Å². The van der Waals surface area contributed by atoms with Crippen molar-refractivity contribution >= 4 is 5.96 Å². The summed E-state index contributed by atoms with van der Waals surface area (Å²) < 4.78 is 16.4. The van der Waals surface area contributed by atoms with E-state index in [1.54, 1.807) is 14.0 Å². The van der Waals surface area contributed by atoms with Gasteiger partial charge in [-0.05, 0) is 57.9 Å². The highest BCUT2D eigenvalue weighted by Gasteiger charge is 2.27. The SMILES string of the molecule is CCNC(=NCC(C)(O)c1cc(C)oc1C)NCCCOCc1ccc(OC)cc1. The van der Waals surface area contributed by atoms with Crippen LogP contribution in [-0.2, 0) is 16.9 Å².